The van der Waals surface area contributed by atoms with E-state index in [0.29, 0.717) is 27.5 Å². The van der Waals surface area contributed by atoms with Gasteiger partial charge in [0.25, 0.3) is 0 Å². The van der Waals surface area contributed by atoms with Crippen LogP contribution in [-0.4, -0.2) is 16.9 Å². The van der Waals surface area contributed by atoms with E-state index in [1.54, 1.807) is 48.5 Å². The van der Waals surface area contributed by atoms with Crippen molar-refractivity contribution in [3.63, 3.8) is 0 Å². The van der Waals surface area contributed by atoms with Crippen LogP contribution in [0.3, 0.4) is 0 Å². The molecule has 3 rings (SSSR count). The van der Waals surface area contributed by atoms with E-state index in [1.807, 2.05) is 13.0 Å². The maximum absolute atomic E-state index is 12.4. The predicted molar refractivity (Wildman–Crippen MR) is 104 cm³/mol. The Bertz CT molecular complexity index is 976. The van der Waals surface area contributed by atoms with Gasteiger partial charge in [-0.3, -0.25) is 4.79 Å². The number of carbonyl (C=O) groups is 2. The topological polar surface area (TPSA) is 63.6 Å². The number of hydrogen-bond acceptors (Lipinski definition) is 4. The summed E-state index contributed by atoms with van der Waals surface area (Å²) in [6.45, 7) is 1.98. The summed E-state index contributed by atoms with van der Waals surface area (Å²) in [5, 5.41) is 9.79. The van der Waals surface area contributed by atoms with Gasteiger partial charge in [-0.05, 0) is 78.7 Å². The van der Waals surface area contributed by atoms with E-state index in [-0.39, 0.29) is 11.5 Å². The molecule has 0 aliphatic rings. The van der Waals surface area contributed by atoms with Gasteiger partial charge in [0.05, 0.1) is 5.56 Å². The minimum absolute atomic E-state index is 0.0982. The molecule has 0 spiro atoms. The summed E-state index contributed by atoms with van der Waals surface area (Å²) in [6.07, 6.45) is 0.759. The Hall–Kier alpha value is -3.11. The molecule has 0 atom stereocenters. The summed E-state index contributed by atoms with van der Waals surface area (Å²) in [5.74, 6) is -0.263. The highest BCUT2D eigenvalue weighted by atomic mass is 35.5. The average Bonchev–Trinajstić information content (AvgIpc) is 2.68. The fourth-order valence-corrected chi connectivity index (χ4v) is 2.85. The molecule has 3 aromatic carbocycles. The quantitative estimate of drug-likeness (QED) is 0.382. The second-order valence-electron chi connectivity index (χ2n) is 5.99. The van der Waals surface area contributed by atoms with Crippen LogP contribution in [0.2, 0.25) is 5.02 Å². The minimum Gasteiger partial charge on any atom is -0.508 e. The summed E-state index contributed by atoms with van der Waals surface area (Å²) < 4.78 is 5.37. The molecule has 0 aromatic heterocycles. The van der Waals surface area contributed by atoms with Gasteiger partial charge in [-0.1, -0.05) is 18.5 Å². The second kappa shape index (κ2) is 8.06. The van der Waals surface area contributed by atoms with Gasteiger partial charge in [-0.25, -0.2) is 4.79 Å². The lowest BCUT2D eigenvalue weighted by molar-refractivity contribution is 0.0734. The first kappa shape index (κ1) is 18.7. The summed E-state index contributed by atoms with van der Waals surface area (Å²) in [7, 11) is 0. The van der Waals surface area contributed by atoms with Crippen LogP contribution in [0.25, 0.3) is 0 Å². The highest BCUT2D eigenvalue weighted by Gasteiger charge is 2.13. The fourth-order valence-electron chi connectivity index (χ4n) is 2.59. The van der Waals surface area contributed by atoms with Crippen LogP contribution in [0, 0.1) is 0 Å². The highest BCUT2D eigenvalue weighted by Crippen LogP contribution is 2.20. The van der Waals surface area contributed by atoms with Gasteiger partial charge >= 0.3 is 5.97 Å². The summed E-state index contributed by atoms with van der Waals surface area (Å²) in [6, 6.07) is 17.4. The lowest BCUT2D eigenvalue weighted by atomic mass is 10.0. The number of hydrogen-bond donors (Lipinski definition) is 1. The third-order valence-electron chi connectivity index (χ3n) is 4.06. The molecular formula is C22H17ClO4. The Morgan fingerprint density at radius 1 is 0.889 bits per heavy atom. The van der Waals surface area contributed by atoms with Crippen LogP contribution in [0.15, 0.2) is 66.7 Å². The summed E-state index contributed by atoms with van der Waals surface area (Å²) in [4.78, 5) is 24.8. The molecule has 0 heterocycles. The number of phenolic OH excluding ortho intramolecular Hbond substituents is 1. The molecule has 27 heavy (non-hydrogen) atoms. The van der Waals surface area contributed by atoms with E-state index in [4.69, 9.17) is 16.3 Å². The first-order valence-corrected chi connectivity index (χ1v) is 8.79. The zero-order valence-electron chi connectivity index (χ0n) is 14.6. The number of ether oxygens (including phenoxy) is 1. The van der Waals surface area contributed by atoms with Crippen molar-refractivity contribution in [3.05, 3.63) is 94.0 Å². The normalized spacial score (nSPS) is 10.4. The molecule has 0 saturated heterocycles. The van der Waals surface area contributed by atoms with Crippen molar-refractivity contribution in [2.24, 2.45) is 0 Å². The van der Waals surface area contributed by atoms with E-state index in [0.717, 1.165) is 12.0 Å². The van der Waals surface area contributed by atoms with Crippen LogP contribution in [0.1, 0.15) is 38.8 Å². The molecule has 3 aromatic rings. The minimum atomic E-state index is -0.509. The van der Waals surface area contributed by atoms with Crippen molar-refractivity contribution in [2.75, 3.05) is 0 Å². The lowest BCUT2D eigenvalue weighted by Crippen LogP contribution is -2.09. The standard InChI is InChI=1S/C22H17ClO4/c1-2-14-11-17(13-18(23)12-14)22(26)27-20-9-5-16(6-10-20)21(25)15-3-7-19(24)8-4-15/h3-13,24H,2H2,1H3. The Kier molecular flexibility index (Phi) is 5.57. The number of aryl methyl sites for hydroxylation is 1. The fraction of sp³-hybridized carbons (Fsp3) is 0.0909. The van der Waals surface area contributed by atoms with E-state index in [2.05, 4.69) is 0 Å². The molecule has 0 unspecified atom stereocenters. The van der Waals surface area contributed by atoms with Gasteiger partial charge in [0.1, 0.15) is 11.5 Å². The highest BCUT2D eigenvalue weighted by molar-refractivity contribution is 6.31. The SMILES string of the molecule is CCc1cc(Cl)cc(C(=O)Oc2ccc(C(=O)c3ccc(O)cc3)cc2)c1. The molecule has 4 nitrogen and oxygen atoms in total. The van der Waals surface area contributed by atoms with Crippen LogP contribution in [0.5, 0.6) is 11.5 Å². The van der Waals surface area contributed by atoms with Crippen LogP contribution in [-0.2, 0) is 6.42 Å². The molecular weight excluding hydrogens is 364 g/mol. The monoisotopic (exact) mass is 380 g/mol. The molecule has 0 radical (unpaired) electrons. The van der Waals surface area contributed by atoms with Crippen LogP contribution in [0.4, 0.5) is 0 Å². The van der Waals surface area contributed by atoms with Crippen LogP contribution < -0.4 is 4.74 Å². The third-order valence-corrected chi connectivity index (χ3v) is 4.28. The zero-order valence-corrected chi connectivity index (χ0v) is 15.4. The van der Waals surface area contributed by atoms with Crippen molar-refractivity contribution in [1.82, 2.24) is 0 Å². The lowest BCUT2D eigenvalue weighted by Gasteiger charge is -2.07. The summed E-state index contributed by atoms with van der Waals surface area (Å²) in [5.41, 5.74) is 2.24. The van der Waals surface area contributed by atoms with Crippen molar-refractivity contribution in [3.8, 4) is 11.5 Å². The maximum atomic E-state index is 12.4. The number of rotatable bonds is 5. The second-order valence-corrected chi connectivity index (χ2v) is 6.43. The molecule has 0 fully saturated rings. The average molecular weight is 381 g/mol. The molecule has 0 aliphatic carbocycles. The van der Waals surface area contributed by atoms with Crippen LogP contribution >= 0.6 is 11.6 Å². The zero-order chi connectivity index (χ0) is 19.4. The first-order valence-electron chi connectivity index (χ1n) is 8.41. The van der Waals surface area contributed by atoms with E-state index < -0.39 is 5.97 Å². The van der Waals surface area contributed by atoms with Crippen molar-refractivity contribution < 1.29 is 19.4 Å². The van der Waals surface area contributed by atoms with Crippen molar-refractivity contribution >= 4 is 23.4 Å². The molecule has 1 N–H and O–H groups in total. The van der Waals surface area contributed by atoms with Gasteiger partial charge in [0.2, 0.25) is 0 Å². The Morgan fingerprint density at radius 3 is 2.07 bits per heavy atom. The summed E-state index contributed by atoms with van der Waals surface area (Å²) >= 11 is 6.04. The van der Waals surface area contributed by atoms with Crippen molar-refractivity contribution in [1.29, 1.82) is 0 Å². The van der Waals surface area contributed by atoms with E-state index in [9.17, 15) is 14.7 Å². The number of carbonyl (C=O) groups excluding carboxylic acids is 2. The number of ketones is 1. The first-order chi connectivity index (χ1) is 13.0. The Labute approximate surface area is 162 Å². The van der Waals surface area contributed by atoms with E-state index >= 15 is 0 Å². The Balaban J connectivity index is 1.74. The van der Waals surface area contributed by atoms with Gasteiger partial charge in [-0.15, -0.1) is 0 Å². The molecule has 0 aliphatic heterocycles. The van der Waals surface area contributed by atoms with Gasteiger partial charge < -0.3 is 9.84 Å². The number of aromatic hydroxyl groups is 1. The molecule has 0 bridgehead atoms. The maximum Gasteiger partial charge on any atom is 0.343 e. The smallest absolute Gasteiger partial charge is 0.343 e. The third kappa shape index (κ3) is 4.54. The molecule has 0 amide bonds. The molecule has 5 heteroatoms. The number of halogens is 1. The molecule has 0 saturated carbocycles. The van der Waals surface area contributed by atoms with Gasteiger partial charge in [-0.2, -0.15) is 0 Å². The Morgan fingerprint density at radius 2 is 1.48 bits per heavy atom. The number of phenols is 1. The van der Waals surface area contributed by atoms with Gasteiger partial charge in [0, 0.05) is 16.1 Å². The van der Waals surface area contributed by atoms with E-state index in [1.165, 1.54) is 12.1 Å². The van der Waals surface area contributed by atoms with Crippen molar-refractivity contribution in [2.45, 2.75) is 13.3 Å². The molecule has 136 valence electrons. The van der Waals surface area contributed by atoms with Gasteiger partial charge in [0.15, 0.2) is 5.78 Å². The largest absolute Gasteiger partial charge is 0.508 e. The predicted octanol–water partition coefficient (Wildman–Crippen LogP) is 5.06. The number of benzene rings is 3. The number of esters is 1.